The van der Waals surface area contributed by atoms with Gasteiger partial charge in [0.1, 0.15) is 0 Å². The molecule has 0 radical (unpaired) electrons. The highest BCUT2D eigenvalue weighted by molar-refractivity contribution is 5.75. The first-order valence-electron chi connectivity index (χ1n) is 7.63. The molecule has 0 rings (SSSR count). The molecule has 0 spiro atoms. The van der Waals surface area contributed by atoms with E-state index in [2.05, 4.69) is 0 Å². The van der Waals surface area contributed by atoms with Gasteiger partial charge in [-0.3, -0.25) is 9.59 Å². The van der Waals surface area contributed by atoms with Crippen molar-refractivity contribution in [1.82, 2.24) is 0 Å². The standard InChI is InChI=1S/C16H30O5/c1-7-9-11(15(3,4)13(17)18)21-12(10-8-2)16(5,6)14(19)20/h11-12H,7-10H2,1-6H3,(H,17,18)(H,19,20). The number of carboxylic acid groups (broad SMARTS) is 2. The van der Waals surface area contributed by atoms with Gasteiger partial charge >= 0.3 is 11.9 Å². The SMILES string of the molecule is CCCC(OC(CCC)C(C)(C)C(=O)O)C(C)(C)C(=O)O. The van der Waals surface area contributed by atoms with Gasteiger partial charge in [-0.2, -0.15) is 0 Å². The second-order valence-corrected chi connectivity index (χ2v) is 6.74. The van der Waals surface area contributed by atoms with Gasteiger partial charge in [0.25, 0.3) is 0 Å². The summed E-state index contributed by atoms with van der Waals surface area (Å²) < 4.78 is 6.02. The Kier molecular flexibility index (Phi) is 7.37. The van der Waals surface area contributed by atoms with Crippen LogP contribution < -0.4 is 0 Å². The van der Waals surface area contributed by atoms with Crippen LogP contribution in [-0.2, 0) is 14.3 Å². The van der Waals surface area contributed by atoms with E-state index in [0.29, 0.717) is 12.8 Å². The van der Waals surface area contributed by atoms with Crippen LogP contribution in [0.5, 0.6) is 0 Å². The Morgan fingerprint density at radius 1 is 0.857 bits per heavy atom. The highest BCUT2D eigenvalue weighted by atomic mass is 16.5. The van der Waals surface area contributed by atoms with Crippen molar-refractivity contribution in [1.29, 1.82) is 0 Å². The van der Waals surface area contributed by atoms with Gasteiger partial charge in [-0.1, -0.05) is 26.7 Å². The fourth-order valence-electron chi connectivity index (χ4n) is 2.20. The van der Waals surface area contributed by atoms with Crippen LogP contribution in [0.1, 0.15) is 67.2 Å². The lowest BCUT2D eigenvalue weighted by atomic mass is 9.81. The number of rotatable bonds is 10. The minimum absolute atomic E-state index is 0.504. The molecule has 0 heterocycles. The molecular weight excluding hydrogens is 272 g/mol. The first kappa shape index (κ1) is 19.9. The predicted molar refractivity (Wildman–Crippen MR) is 81.3 cm³/mol. The summed E-state index contributed by atoms with van der Waals surface area (Å²) in [6, 6.07) is 0. The Morgan fingerprint density at radius 3 is 1.33 bits per heavy atom. The molecule has 0 fully saturated rings. The third-order valence-corrected chi connectivity index (χ3v) is 4.14. The highest BCUT2D eigenvalue weighted by Gasteiger charge is 2.43. The average molecular weight is 302 g/mol. The van der Waals surface area contributed by atoms with E-state index in [-0.39, 0.29) is 0 Å². The Morgan fingerprint density at radius 2 is 1.14 bits per heavy atom. The maximum absolute atomic E-state index is 11.5. The zero-order valence-electron chi connectivity index (χ0n) is 14.1. The Bertz CT molecular complexity index is 326. The summed E-state index contributed by atoms with van der Waals surface area (Å²) in [4.78, 5) is 22.9. The largest absolute Gasteiger partial charge is 0.481 e. The smallest absolute Gasteiger partial charge is 0.311 e. The average Bonchev–Trinajstić information content (AvgIpc) is 2.36. The van der Waals surface area contributed by atoms with E-state index in [4.69, 9.17) is 4.74 Å². The molecule has 0 amide bonds. The summed E-state index contributed by atoms with van der Waals surface area (Å²) >= 11 is 0. The maximum atomic E-state index is 11.5. The molecule has 0 aliphatic carbocycles. The fraction of sp³-hybridized carbons (Fsp3) is 0.875. The van der Waals surface area contributed by atoms with Gasteiger partial charge in [-0.15, -0.1) is 0 Å². The van der Waals surface area contributed by atoms with E-state index in [0.717, 1.165) is 12.8 Å². The summed E-state index contributed by atoms with van der Waals surface area (Å²) in [6.45, 7) is 10.5. The number of hydrogen-bond acceptors (Lipinski definition) is 3. The third kappa shape index (κ3) is 4.99. The molecule has 0 aliphatic rings. The molecule has 124 valence electrons. The van der Waals surface area contributed by atoms with Gasteiger partial charge in [0, 0.05) is 0 Å². The van der Waals surface area contributed by atoms with Gasteiger partial charge in [-0.05, 0) is 40.5 Å². The monoisotopic (exact) mass is 302 g/mol. The van der Waals surface area contributed by atoms with Gasteiger partial charge in [0.2, 0.25) is 0 Å². The van der Waals surface area contributed by atoms with E-state index in [1.807, 2.05) is 13.8 Å². The number of ether oxygens (including phenoxy) is 1. The summed E-state index contributed by atoms with van der Waals surface area (Å²) in [6.07, 6.45) is 1.75. The molecule has 0 saturated heterocycles. The minimum Gasteiger partial charge on any atom is -0.481 e. The van der Waals surface area contributed by atoms with Crippen LogP contribution in [0.4, 0.5) is 0 Å². The molecule has 0 aromatic carbocycles. The molecule has 5 nitrogen and oxygen atoms in total. The highest BCUT2D eigenvalue weighted by Crippen LogP contribution is 2.34. The van der Waals surface area contributed by atoms with Crippen LogP contribution >= 0.6 is 0 Å². The van der Waals surface area contributed by atoms with Crippen LogP contribution in [0.3, 0.4) is 0 Å². The van der Waals surface area contributed by atoms with Crippen molar-refractivity contribution in [3.63, 3.8) is 0 Å². The van der Waals surface area contributed by atoms with Crippen LogP contribution in [0, 0.1) is 10.8 Å². The van der Waals surface area contributed by atoms with Crippen molar-refractivity contribution < 1.29 is 24.5 Å². The van der Waals surface area contributed by atoms with Crippen molar-refractivity contribution >= 4 is 11.9 Å². The van der Waals surface area contributed by atoms with E-state index in [1.54, 1.807) is 27.7 Å². The van der Waals surface area contributed by atoms with E-state index in [9.17, 15) is 19.8 Å². The quantitative estimate of drug-likeness (QED) is 0.644. The number of carbonyl (C=O) groups is 2. The lowest BCUT2D eigenvalue weighted by Crippen LogP contribution is -2.46. The van der Waals surface area contributed by atoms with Crippen LogP contribution in [0.25, 0.3) is 0 Å². The molecule has 2 N–H and O–H groups in total. The summed E-state index contributed by atoms with van der Waals surface area (Å²) in [7, 11) is 0. The lowest BCUT2D eigenvalue weighted by Gasteiger charge is -2.38. The third-order valence-electron chi connectivity index (χ3n) is 4.14. The van der Waals surface area contributed by atoms with Gasteiger partial charge in [0.05, 0.1) is 23.0 Å². The second-order valence-electron chi connectivity index (χ2n) is 6.74. The number of aliphatic carboxylic acids is 2. The summed E-state index contributed by atoms with van der Waals surface area (Å²) in [5.41, 5.74) is -2.09. The maximum Gasteiger partial charge on any atom is 0.311 e. The predicted octanol–water partition coefficient (Wildman–Crippen LogP) is 3.56. The normalized spacial score (nSPS) is 15.5. The molecule has 2 atom stereocenters. The zero-order valence-corrected chi connectivity index (χ0v) is 14.1. The molecular formula is C16H30O5. The Hall–Kier alpha value is -1.10. The van der Waals surface area contributed by atoms with Crippen LogP contribution in [0.15, 0.2) is 0 Å². The molecule has 5 heteroatoms. The molecule has 0 aromatic rings. The molecule has 0 aromatic heterocycles. The molecule has 21 heavy (non-hydrogen) atoms. The lowest BCUT2D eigenvalue weighted by molar-refractivity contribution is -0.176. The van der Waals surface area contributed by atoms with Gasteiger partial charge < -0.3 is 14.9 Å². The van der Waals surface area contributed by atoms with Crippen molar-refractivity contribution in [3.8, 4) is 0 Å². The first-order valence-corrected chi connectivity index (χ1v) is 7.63. The number of hydrogen-bond donors (Lipinski definition) is 2. The van der Waals surface area contributed by atoms with E-state index < -0.39 is 35.0 Å². The zero-order chi connectivity index (χ0) is 16.8. The second kappa shape index (κ2) is 7.78. The van der Waals surface area contributed by atoms with Gasteiger partial charge in [-0.25, -0.2) is 0 Å². The minimum atomic E-state index is -1.05. The van der Waals surface area contributed by atoms with Crippen LogP contribution in [0.2, 0.25) is 0 Å². The van der Waals surface area contributed by atoms with Crippen LogP contribution in [-0.4, -0.2) is 34.4 Å². The fourth-order valence-corrected chi connectivity index (χ4v) is 2.20. The van der Waals surface area contributed by atoms with Gasteiger partial charge in [0.15, 0.2) is 0 Å². The Labute approximate surface area is 127 Å². The molecule has 0 saturated carbocycles. The van der Waals surface area contributed by atoms with E-state index in [1.165, 1.54) is 0 Å². The van der Waals surface area contributed by atoms with Crippen molar-refractivity contribution in [2.45, 2.75) is 79.4 Å². The topological polar surface area (TPSA) is 83.8 Å². The van der Waals surface area contributed by atoms with Crippen molar-refractivity contribution in [2.75, 3.05) is 0 Å². The number of carboxylic acids is 2. The summed E-state index contributed by atoms with van der Waals surface area (Å²) in [5.74, 6) is -1.85. The van der Waals surface area contributed by atoms with Crippen molar-refractivity contribution in [3.05, 3.63) is 0 Å². The molecule has 2 unspecified atom stereocenters. The molecule has 0 bridgehead atoms. The molecule has 0 aliphatic heterocycles. The van der Waals surface area contributed by atoms with Crippen molar-refractivity contribution in [2.24, 2.45) is 10.8 Å². The summed E-state index contributed by atoms with van der Waals surface area (Å²) in [5, 5.41) is 18.8. The first-order chi connectivity index (χ1) is 9.51. The van der Waals surface area contributed by atoms with E-state index >= 15 is 0 Å². The Balaban J connectivity index is 5.34.